The highest BCUT2D eigenvalue weighted by molar-refractivity contribution is 7.10. The third-order valence-corrected chi connectivity index (χ3v) is 4.96. The van der Waals surface area contributed by atoms with Gasteiger partial charge in [0, 0.05) is 24.1 Å². The van der Waals surface area contributed by atoms with Crippen molar-refractivity contribution in [3.8, 4) is 0 Å². The van der Waals surface area contributed by atoms with Crippen molar-refractivity contribution < 1.29 is 4.74 Å². The number of thiophene rings is 1. The summed E-state index contributed by atoms with van der Waals surface area (Å²) in [5.41, 5.74) is 1.57. The quantitative estimate of drug-likeness (QED) is 0.891. The molecule has 0 amide bonds. The largest absolute Gasteiger partial charge is 0.381 e. The molecule has 1 aromatic rings. The van der Waals surface area contributed by atoms with Crippen molar-refractivity contribution in [2.75, 3.05) is 19.8 Å². The summed E-state index contributed by atoms with van der Waals surface area (Å²) in [6, 6.07) is 2.92. The molecule has 0 saturated carbocycles. The normalized spacial score (nSPS) is 28.9. The second-order valence-corrected chi connectivity index (χ2v) is 6.24. The molecule has 2 nitrogen and oxygen atoms in total. The lowest BCUT2D eigenvalue weighted by molar-refractivity contribution is 0.0535. The summed E-state index contributed by atoms with van der Waals surface area (Å²) in [4.78, 5) is 1.61. The Morgan fingerprint density at radius 1 is 1.35 bits per heavy atom. The molecule has 2 heterocycles. The van der Waals surface area contributed by atoms with Crippen LogP contribution in [-0.2, 0) is 11.2 Å². The fourth-order valence-electron chi connectivity index (χ4n) is 2.98. The van der Waals surface area contributed by atoms with Crippen LogP contribution in [0.5, 0.6) is 0 Å². The van der Waals surface area contributed by atoms with E-state index in [4.69, 9.17) is 4.74 Å². The second-order valence-electron chi connectivity index (χ2n) is 5.24. The first-order valence-electron chi connectivity index (χ1n) is 6.81. The van der Waals surface area contributed by atoms with Gasteiger partial charge < -0.3 is 10.1 Å². The van der Waals surface area contributed by atoms with Crippen LogP contribution in [0, 0.1) is 5.92 Å². The van der Waals surface area contributed by atoms with Gasteiger partial charge in [0.25, 0.3) is 0 Å². The van der Waals surface area contributed by atoms with E-state index in [1.54, 1.807) is 10.4 Å². The molecule has 0 aromatic carbocycles. The summed E-state index contributed by atoms with van der Waals surface area (Å²) < 4.78 is 5.54. The smallest absolute Gasteiger partial charge is 0.0506 e. The van der Waals surface area contributed by atoms with Gasteiger partial charge in [0.1, 0.15) is 0 Å². The predicted octanol–water partition coefficient (Wildman–Crippen LogP) is 3.14. The maximum Gasteiger partial charge on any atom is 0.0506 e. The van der Waals surface area contributed by atoms with Crippen molar-refractivity contribution in [3.63, 3.8) is 0 Å². The van der Waals surface area contributed by atoms with Crippen LogP contribution in [0.25, 0.3) is 0 Å². The average molecular weight is 251 g/mol. The van der Waals surface area contributed by atoms with Gasteiger partial charge in [-0.1, -0.05) is 0 Å². The van der Waals surface area contributed by atoms with Crippen LogP contribution < -0.4 is 5.32 Å². The molecule has 1 saturated heterocycles. The fraction of sp³-hybridized carbons (Fsp3) is 0.714. The molecule has 0 spiro atoms. The second kappa shape index (κ2) is 5.51. The molecule has 3 rings (SSSR count). The van der Waals surface area contributed by atoms with Gasteiger partial charge in [0.2, 0.25) is 0 Å². The highest BCUT2D eigenvalue weighted by atomic mass is 32.1. The van der Waals surface area contributed by atoms with Crippen molar-refractivity contribution in [2.24, 2.45) is 5.92 Å². The predicted molar refractivity (Wildman–Crippen MR) is 71.5 cm³/mol. The molecule has 0 bridgehead atoms. The van der Waals surface area contributed by atoms with Gasteiger partial charge in [-0.15, -0.1) is 11.3 Å². The first kappa shape index (κ1) is 11.7. The van der Waals surface area contributed by atoms with E-state index in [-0.39, 0.29) is 0 Å². The lowest BCUT2D eigenvalue weighted by Gasteiger charge is -2.28. The van der Waals surface area contributed by atoms with Gasteiger partial charge in [0.15, 0.2) is 0 Å². The fourth-order valence-corrected chi connectivity index (χ4v) is 3.96. The summed E-state index contributed by atoms with van der Waals surface area (Å²) in [5.74, 6) is 0.729. The molecule has 1 N–H and O–H groups in total. The minimum absolute atomic E-state index is 0.604. The zero-order chi connectivity index (χ0) is 11.5. The number of fused-ring (bicyclic) bond motifs is 1. The molecular formula is C14H21NOS. The van der Waals surface area contributed by atoms with Crippen LogP contribution in [-0.4, -0.2) is 19.8 Å². The van der Waals surface area contributed by atoms with Crippen LogP contribution >= 0.6 is 11.3 Å². The van der Waals surface area contributed by atoms with Gasteiger partial charge in [-0.25, -0.2) is 0 Å². The van der Waals surface area contributed by atoms with E-state index < -0.39 is 0 Å². The van der Waals surface area contributed by atoms with Crippen LogP contribution in [0.2, 0.25) is 0 Å². The van der Waals surface area contributed by atoms with E-state index in [1.165, 1.54) is 32.1 Å². The van der Waals surface area contributed by atoms with Gasteiger partial charge in [-0.3, -0.25) is 0 Å². The Hall–Kier alpha value is -0.380. The summed E-state index contributed by atoms with van der Waals surface area (Å²) in [6.07, 6.45) is 6.50. The molecule has 1 fully saturated rings. The van der Waals surface area contributed by atoms with E-state index in [9.17, 15) is 0 Å². The summed E-state index contributed by atoms with van der Waals surface area (Å²) >= 11 is 1.93. The molecule has 1 aliphatic carbocycles. The zero-order valence-electron chi connectivity index (χ0n) is 10.3. The molecule has 2 atom stereocenters. The summed E-state index contributed by atoms with van der Waals surface area (Å²) in [7, 11) is 0. The lowest BCUT2D eigenvalue weighted by Crippen LogP contribution is -2.32. The minimum Gasteiger partial charge on any atom is -0.381 e. The van der Waals surface area contributed by atoms with Crippen LogP contribution in [0.4, 0.5) is 0 Å². The molecule has 17 heavy (non-hydrogen) atoms. The van der Waals surface area contributed by atoms with E-state index in [2.05, 4.69) is 16.8 Å². The first-order valence-corrected chi connectivity index (χ1v) is 7.69. The summed E-state index contributed by atoms with van der Waals surface area (Å²) in [6.45, 7) is 3.05. The third kappa shape index (κ3) is 2.72. The van der Waals surface area contributed by atoms with Crippen LogP contribution in [0.15, 0.2) is 11.4 Å². The maximum absolute atomic E-state index is 5.54. The van der Waals surface area contributed by atoms with Crippen molar-refractivity contribution in [3.05, 3.63) is 21.9 Å². The SMILES string of the molecule is c1cc2c(s1)CCCC2NCC1CCCOC1. The number of rotatable bonds is 3. The van der Waals surface area contributed by atoms with E-state index >= 15 is 0 Å². The standard InChI is InChI=1S/C14H21NOS/c1-4-13(12-6-8-17-14(12)5-1)15-9-11-3-2-7-16-10-11/h6,8,11,13,15H,1-5,7,9-10H2. The highest BCUT2D eigenvalue weighted by Crippen LogP contribution is 2.33. The van der Waals surface area contributed by atoms with Crippen molar-refractivity contribution in [2.45, 2.75) is 38.1 Å². The van der Waals surface area contributed by atoms with E-state index in [0.717, 1.165) is 25.7 Å². The Kier molecular flexibility index (Phi) is 3.79. The molecule has 0 radical (unpaired) electrons. The van der Waals surface area contributed by atoms with Crippen LogP contribution in [0.1, 0.15) is 42.2 Å². The summed E-state index contributed by atoms with van der Waals surface area (Å²) in [5, 5.41) is 6.00. The monoisotopic (exact) mass is 251 g/mol. The topological polar surface area (TPSA) is 21.3 Å². The van der Waals surface area contributed by atoms with Crippen molar-refractivity contribution in [1.82, 2.24) is 5.32 Å². The Morgan fingerprint density at radius 3 is 3.24 bits per heavy atom. The maximum atomic E-state index is 5.54. The van der Waals surface area contributed by atoms with Gasteiger partial charge in [-0.05, 0) is 55.0 Å². The number of ether oxygens (including phenoxy) is 1. The third-order valence-electron chi connectivity index (χ3n) is 3.96. The number of hydrogen-bond acceptors (Lipinski definition) is 3. The molecule has 2 aliphatic rings. The average Bonchev–Trinajstić information content (AvgIpc) is 2.86. The van der Waals surface area contributed by atoms with Gasteiger partial charge in [-0.2, -0.15) is 0 Å². The number of hydrogen-bond donors (Lipinski definition) is 1. The Balaban J connectivity index is 1.56. The molecule has 1 aromatic heterocycles. The minimum atomic E-state index is 0.604. The highest BCUT2D eigenvalue weighted by Gasteiger charge is 2.22. The molecule has 3 heteroatoms. The molecule has 94 valence electrons. The molecular weight excluding hydrogens is 230 g/mol. The zero-order valence-corrected chi connectivity index (χ0v) is 11.1. The lowest BCUT2D eigenvalue weighted by atomic mass is 9.93. The van der Waals surface area contributed by atoms with Crippen molar-refractivity contribution in [1.29, 1.82) is 0 Å². The van der Waals surface area contributed by atoms with E-state index in [0.29, 0.717) is 6.04 Å². The number of nitrogens with one attached hydrogen (secondary N) is 1. The van der Waals surface area contributed by atoms with Gasteiger partial charge >= 0.3 is 0 Å². The van der Waals surface area contributed by atoms with Gasteiger partial charge in [0.05, 0.1) is 6.61 Å². The van der Waals surface area contributed by atoms with E-state index in [1.807, 2.05) is 11.3 Å². The van der Waals surface area contributed by atoms with Crippen LogP contribution in [0.3, 0.4) is 0 Å². The molecule has 1 aliphatic heterocycles. The van der Waals surface area contributed by atoms with Crippen molar-refractivity contribution >= 4 is 11.3 Å². The number of aryl methyl sites for hydroxylation is 1. The Labute approximate surface area is 107 Å². The molecule has 2 unspecified atom stereocenters. The Bertz CT molecular complexity index is 357. The Morgan fingerprint density at radius 2 is 2.35 bits per heavy atom. The first-order chi connectivity index (χ1) is 8.43.